The molecule has 0 radical (unpaired) electrons. The number of aliphatic carboxylic acids is 1. The average molecular weight is 268 g/mol. The molecule has 98 valence electrons. The normalized spacial score (nSPS) is 23.9. The lowest BCUT2D eigenvalue weighted by atomic mass is 9.92. The number of nitrogens with zero attached hydrogens (tertiary/aromatic N) is 1. The number of rotatable bonds is 3. The zero-order valence-electron chi connectivity index (χ0n) is 9.91. The molecule has 6 heteroatoms. The van der Waals surface area contributed by atoms with Crippen LogP contribution in [0.2, 0.25) is 0 Å². The third-order valence-electron chi connectivity index (χ3n) is 3.05. The summed E-state index contributed by atoms with van der Waals surface area (Å²) in [7, 11) is 0. The van der Waals surface area contributed by atoms with Crippen LogP contribution >= 0.6 is 11.3 Å². The second-order valence-electron chi connectivity index (χ2n) is 4.65. The van der Waals surface area contributed by atoms with E-state index < -0.39 is 5.97 Å². The number of hydrogen-bond acceptors (Lipinski definition) is 4. The van der Waals surface area contributed by atoms with E-state index in [9.17, 15) is 9.59 Å². The van der Waals surface area contributed by atoms with Crippen molar-refractivity contribution in [1.82, 2.24) is 4.90 Å². The molecule has 1 saturated heterocycles. The first-order chi connectivity index (χ1) is 8.56. The molecular weight excluding hydrogens is 252 g/mol. The maximum atomic E-state index is 12.2. The number of piperidine rings is 1. The minimum atomic E-state index is -0.836. The van der Waals surface area contributed by atoms with Crippen molar-refractivity contribution in [1.29, 1.82) is 0 Å². The molecule has 2 atom stereocenters. The maximum absolute atomic E-state index is 12.2. The van der Waals surface area contributed by atoms with Crippen molar-refractivity contribution < 1.29 is 14.7 Å². The fourth-order valence-electron chi connectivity index (χ4n) is 2.36. The molecule has 1 amide bonds. The maximum Gasteiger partial charge on any atom is 0.303 e. The minimum Gasteiger partial charge on any atom is -0.481 e. The zero-order chi connectivity index (χ0) is 13.1. The van der Waals surface area contributed by atoms with Crippen LogP contribution in [0.1, 0.15) is 22.5 Å². The van der Waals surface area contributed by atoms with E-state index in [4.69, 9.17) is 10.8 Å². The summed E-state index contributed by atoms with van der Waals surface area (Å²) < 4.78 is 0. The SMILES string of the molecule is NC1CC(CC(=O)O)CN(C(=O)c2cccs2)C1. The van der Waals surface area contributed by atoms with E-state index in [-0.39, 0.29) is 24.3 Å². The van der Waals surface area contributed by atoms with Crippen LogP contribution in [0.4, 0.5) is 0 Å². The number of thiophene rings is 1. The Morgan fingerprint density at radius 2 is 2.28 bits per heavy atom. The summed E-state index contributed by atoms with van der Waals surface area (Å²) in [5, 5.41) is 10.7. The smallest absolute Gasteiger partial charge is 0.303 e. The van der Waals surface area contributed by atoms with Crippen molar-refractivity contribution in [3.05, 3.63) is 22.4 Å². The minimum absolute atomic E-state index is 0.0458. The molecule has 1 aliphatic heterocycles. The lowest BCUT2D eigenvalue weighted by Gasteiger charge is -2.35. The second-order valence-corrected chi connectivity index (χ2v) is 5.59. The molecule has 2 heterocycles. The predicted octanol–water partition coefficient (Wildman–Crippen LogP) is 1.01. The average Bonchev–Trinajstić information content (AvgIpc) is 2.79. The van der Waals surface area contributed by atoms with Crippen molar-refractivity contribution in [2.24, 2.45) is 11.7 Å². The predicted molar refractivity (Wildman–Crippen MR) is 68.6 cm³/mol. The largest absolute Gasteiger partial charge is 0.481 e. The Hall–Kier alpha value is -1.40. The van der Waals surface area contributed by atoms with Gasteiger partial charge in [-0.1, -0.05) is 6.07 Å². The van der Waals surface area contributed by atoms with Gasteiger partial charge < -0.3 is 15.7 Å². The van der Waals surface area contributed by atoms with Crippen LogP contribution < -0.4 is 5.73 Å². The molecule has 1 aliphatic rings. The fourth-order valence-corrected chi connectivity index (χ4v) is 3.05. The first-order valence-electron chi connectivity index (χ1n) is 5.86. The van der Waals surface area contributed by atoms with Gasteiger partial charge in [0.05, 0.1) is 4.88 Å². The van der Waals surface area contributed by atoms with E-state index in [1.807, 2.05) is 11.4 Å². The molecule has 0 saturated carbocycles. The van der Waals surface area contributed by atoms with Gasteiger partial charge in [0.1, 0.15) is 0 Å². The second kappa shape index (κ2) is 5.49. The third kappa shape index (κ3) is 3.08. The van der Waals surface area contributed by atoms with Gasteiger partial charge in [0.2, 0.25) is 0 Å². The van der Waals surface area contributed by atoms with Gasteiger partial charge in [-0.05, 0) is 23.8 Å². The summed E-state index contributed by atoms with van der Waals surface area (Å²) in [6.07, 6.45) is 0.739. The summed E-state index contributed by atoms with van der Waals surface area (Å²) in [6.45, 7) is 0.990. The summed E-state index contributed by atoms with van der Waals surface area (Å²) in [4.78, 5) is 25.3. The molecule has 1 aromatic heterocycles. The number of amides is 1. The Morgan fingerprint density at radius 3 is 2.89 bits per heavy atom. The van der Waals surface area contributed by atoms with Gasteiger partial charge in [-0.15, -0.1) is 11.3 Å². The van der Waals surface area contributed by atoms with Crippen LogP contribution in [0.3, 0.4) is 0 Å². The zero-order valence-corrected chi connectivity index (χ0v) is 10.7. The Labute approximate surface area is 109 Å². The van der Waals surface area contributed by atoms with Crippen LogP contribution in [0.25, 0.3) is 0 Å². The number of carbonyl (C=O) groups excluding carboxylic acids is 1. The van der Waals surface area contributed by atoms with Gasteiger partial charge in [-0.2, -0.15) is 0 Å². The molecule has 0 spiro atoms. The highest BCUT2D eigenvalue weighted by molar-refractivity contribution is 7.12. The molecule has 18 heavy (non-hydrogen) atoms. The van der Waals surface area contributed by atoms with Gasteiger partial charge >= 0.3 is 5.97 Å². The lowest BCUT2D eigenvalue weighted by molar-refractivity contribution is -0.138. The molecule has 1 aromatic rings. The number of carbonyl (C=O) groups is 2. The standard InChI is InChI=1S/C12H16N2O3S/c13-9-4-8(5-11(15)16)6-14(7-9)12(17)10-2-1-3-18-10/h1-3,8-9H,4-7,13H2,(H,15,16). The highest BCUT2D eigenvalue weighted by atomic mass is 32.1. The molecule has 1 fully saturated rings. The quantitative estimate of drug-likeness (QED) is 0.857. The highest BCUT2D eigenvalue weighted by Gasteiger charge is 2.30. The monoisotopic (exact) mass is 268 g/mol. The number of carboxylic acids is 1. The Kier molecular flexibility index (Phi) is 3.98. The molecule has 0 bridgehead atoms. The van der Waals surface area contributed by atoms with Gasteiger partial charge in [-0.3, -0.25) is 9.59 Å². The molecule has 2 rings (SSSR count). The van der Waals surface area contributed by atoms with Crippen LogP contribution in [-0.4, -0.2) is 41.0 Å². The van der Waals surface area contributed by atoms with Crippen molar-refractivity contribution in [3.63, 3.8) is 0 Å². The number of likely N-dealkylation sites (tertiary alicyclic amines) is 1. The van der Waals surface area contributed by atoms with E-state index >= 15 is 0 Å². The number of hydrogen-bond donors (Lipinski definition) is 2. The lowest BCUT2D eigenvalue weighted by Crippen LogP contribution is -2.49. The van der Waals surface area contributed by atoms with Crippen LogP contribution in [0, 0.1) is 5.92 Å². The number of carboxylic acid groups (broad SMARTS) is 1. The first kappa shape index (κ1) is 13.0. The molecule has 3 N–H and O–H groups in total. The highest BCUT2D eigenvalue weighted by Crippen LogP contribution is 2.22. The van der Waals surface area contributed by atoms with E-state index in [1.54, 1.807) is 11.0 Å². The Morgan fingerprint density at radius 1 is 1.50 bits per heavy atom. The van der Waals surface area contributed by atoms with Crippen molar-refractivity contribution >= 4 is 23.2 Å². The van der Waals surface area contributed by atoms with Crippen LogP contribution in [-0.2, 0) is 4.79 Å². The molecular formula is C12H16N2O3S. The number of nitrogens with two attached hydrogens (primary N) is 1. The van der Waals surface area contributed by atoms with Crippen molar-refractivity contribution in [2.75, 3.05) is 13.1 Å². The van der Waals surface area contributed by atoms with Gasteiger partial charge in [0, 0.05) is 25.6 Å². The molecule has 0 aliphatic carbocycles. The summed E-state index contributed by atoms with van der Waals surface area (Å²) in [5.74, 6) is -0.927. The Bertz CT molecular complexity index is 433. The molecule has 0 aromatic carbocycles. The van der Waals surface area contributed by atoms with E-state index in [0.717, 1.165) is 0 Å². The summed E-state index contributed by atoms with van der Waals surface area (Å²) >= 11 is 1.39. The van der Waals surface area contributed by atoms with Crippen molar-refractivity contribution in [2.45, 2.75) is 18.9 Å². The molecule has 2 unspecified atom stereocenters. The Balaban J connectivity index is 2.04. The van der Waals surface area contributed by atoms with E-state index in [0.29, 0.717) is 24.4 Å². The third-order valence-corrected chi connectivity index (χ3v) is 3.91. The van der Waals surface area contributed by atoms with Crippen molar-refractivity contribution in [3.8, 4) is 0 Å². The van der Waals surface area contributed by atoms with E-state index in [2.05, 4.69) is 0 Å². The fraction of sp³-hybridized carbons (Fsp3) is 0.500. The van der Waals surface area contributed by atoms with Crippen LogP contribution in [0.5, 0.6) is 0 Å². The van der Waals surface area contributed by atoms with Gasteiger partial charge in [-0.25, -0.2) is 0 Å². The van der Waals surface area contributed by atoms with Gasteiger partial charge in [0.15, 0.2) is 0 Å². The van der Waals surface area contributed by atoms with E-state index in [1.165, 1.54) is 11.3 Å². The summed E-state index contributed by atoms with van der Waals surface area (Å²) in [6, 6.07) is 3.47. The van der Waals surface area contributed by atoms with Gasteiger partial charge in [0.25, 0.3) is 5.91 Å². The first-order valence-corrected chi connectivity index (χ1v) is 6.74. The summed E-state index contributed by atoms with van der Waals surface area (Å²) in [5.41, 5.74) is 5.90. The topological polar surface area (TPSA) is 83.6 Å². The molecule has 5 nitrogen and oxygen atoms in total. The van der Waals surface area contributed by atoms with Crippen LogP contribution in [0.15, 0.2) is 17.5 Å².